The van der Waals surface area contributed by atoms with Gasteiger partial charge in [0.25, 0.3) is 0 Å². The van der Waals surface area contributed by atoms with Gasteiger partial charge < -0.3 is 9.64 Å². The molecule has 0 fully saturated rings. The molecular weight excluding hydrogens is 312 g/mol. The number of rotatable bonds is 6. The van der Waals surface area contributed by atoms with Gasteiger partial charge in [-0.3, -0.25) is 14.5 Å². The third-order valence-corrected chi connectivity index (χ3v) is 3.10. The number of allylic oxidation sites excluding steroid dienone is 1. The van der Waals surface area contributed by atoms with Gasteiger partial charge in [-0.2, -0.15) is 0 Å². The van der Waals surface area contributed by atoms with E-state index in [4.69, 9.17) is 0 Å². The van der Waals surface area contributed by atoms with Crippen LogP contribution in [-0.4, -0.2) is 54.6 Å². The molecule has 0 aliphatic heterocycles. The van der Waals surface area contributed by atoms with Crippen LogP contribution in [0.5, 0.6) is 0 Å². The molecule has 1 rings (SSSR count). The van der Waals surface area contributed by atoms with Gasteiger partial charge in [-0.25, -0.2) is 9.59 Å². The van der Waals surface area contributed by atoms with E-state index in [1.807, 2.05) is 6.07 Å². The van der Waals surface area contributed by atoms with Crippen LogP contribution in [-0.2, 0) is 25.7 Å². The number of amides is 2. The summed E-state index contributed by atoms with van der Waals surface area (Å²) >= 11 is 0. The molecule has 2 amide bonds. The number of hydrogen-bond acceptors (Lipinski definition) is 5. The normalized spacial score (nSPS) is 10.8. The van der Waals surface area contributed by atoms with Crippen molar-refractivity contribution in [2.24, 2.45) is 0 Å². The van der Waals surface area contributed by atoms with Gasteiger partial charge in [-0.15, -0.1) is 0 Å². The number of Topliss-reactive ketones (excluding diaryl/α,β-unsaturated/α-hetero) is 2. The van der Waals surface area contributed by atoms with Crippen molar-refractivity contribution in [2.45, 2.75) is 13.5 Å². The van der Waals surface area contributed by atoms with E-state index in [9.17, 15) is 19.2 Å². The molecule has 24 heavy (non-hydrogen) atoms. The predicted octanol–water partition coefficient (Wildman–Crippen LogP) is 1.39. The molecule has 1 aromatic rings. The highest BCUT2D eigenvalue weighted by molar-refractivity contribution is 6.43. The Morgan fingerprint density at radius 3 is 2.12 bits per heavy atom. The van der Waals surface area contributed by atoms with E-state index >= 15 is 0 Å². The van der Waals surface area contributed by atoms with E-state index in [-0.39, 0.29) is 12.2 Å². The second kappa shape index (κ2) is 8.61. The van der Waals surface area contributed by atoms with Crippen molar-refractivity contribution in [3.8, 4) is 0 Å². The Hall–Kier alpha value is -2.96. The molecule has 128 valence electrons. The lowest BCUT2D eigenvalue weighted by molar-refractivity contribution is -0.136. The van der Waals surface area contributed by atoms with Crippen molar-refractivity contribution in [1.82, 2.24) is 9.80 Å². The van der Waals surface area contributed by atoms with Crippen molar-refractivity contribution in [1.29, 1.82) is 0 Å². The number of ketones is 2. The average molecular weight is 332 g/mol. The quantitative estimate of drug-likeness (QED) is 0.446. The largest absolute Gasteiger partial charge is 0.466 e. The van der Waals surface area contributed by atoms with E-state index < -0.39 is 23.6 Å². The average Bonchev–Trinajstić information content (AvgIpc) is 2.57. The molecule has 0 bridgehead atoms. The van der Waals surface area contributed by atoms with Crippen molar-refractivity contribution in [3.05, 3.63) is 47.7 Å². The van der Waals surface area contributed by atoms with Crippen molar-refractivity contribution in [3.63, 3.8) is 0 Å². The van der Waals surface area contributed by atoms with Crippen LogP contribution in [0.25, 0.3) is 0 Å². The fraction of sp³-hybridized carbons (Fsp3) is 0.294. The van der Waals surface area contributed by atoms with Crippen LogP contribution in [0, 0.1) is 0 Å². The number of nitrogens with zero attached hydrogens (tertiary/aromatic N) is 2. The van der Waals surface area contributed by atoms with E-state index in [2.05, 4.69) is 4.74 Å². The van der Waals surface area contributed by atoms with Crippen LogP contribution in [0.1, 0.15) is 12.5 Å². The van der Waals surface area contributed by atoms with Crippen LogP contribution in [0.15, 0.2) is 42.1 Å². The predicted molar refractivity (Wildman–Crippen MR) is 86.9 cm³/mol. The summed E-state index contributed by atoms with van der Waals surface area (Å²) < 4.78 is 4.52. The number of urea groups is 1. The summed E-state index contributed by atoms with van der Waals surface area (Å²) in [6.07, 6.45) is 0.855. The molecule has 0 radical (unpaired) electrons. The molecule has 1 aromatic carbocycles. The zero-order chi connectivity index (χ0) is 18.3. The highest BCUT2D eigenvalue weighted by Gasteiger charge is 2.28. The lowest BCUT2D eigenvalue weighted by atomic mass is 10.1. The number of esters is 1. The molecule has 0 saturated carbocycles. The Morgan fingerprint density at radius 2 is 1.67 bits per heavy atom. The maximum atomic E-state index is 12.5. The number of hydrogen-bond donors (Lipinski definition) is 0. The molecule has 0 aliphatic rings. The standard InChI is InChI=1S/C17H20N2O5/c1-12(20)16(22)14(10-15(21)24-4)19(17(23)18(2)3)11-13-8-6-5-7-9-13/h5-10H,11H2,1-4H3/b14-10+. The minimum Gasteiger partial charge on any atom is -0.466 e. The Kier molecular flexibility index (Phi) is 6.85. The van der Waals surface area contributed by atoms with Gasteiger partial charge >= 0.3 is 12.0 Å². The Morgan fingerprint density at radius 1 is 1.08 bits per heavy atom. The Labute approximate surface area is 140 Å². The van der Waals surface area contributed by atoms with Gasteiger partial charge in [-0.1, -0.05) is 30.3 Å². The fourth-order valence-electron chi connectivity index (χ4n) is 1.88. The van der Waals surface area contributed by atoms with Crippen molar-refractivity contribution in [2.75, 3.05) is 21.2 Å². The zero-order valence-electron chi connectivity index (χ0n) is 14.1. The first-order chi connectivity index (χ1) is 11.3. The highest BCUT2D eigenvalue weighted by Crippen LogP contribution is 2.15. The second-order valence-corrected chi connectivity index (χ2v) is 5.19. The monoisotopic (exact) mass is 332 g/mol. The van der Waals surface area contributed by atoms with Gasteiger partial charge in [-0.05, 0) is 5.56 Å². The first-order valence-corrected chi connectivity index (χ1v) is 7.15. The SMILES string of the molecule is COC(=O)/C=C(\C(=O)C(C)=O)N(Cc1ccccc1)C(=O)N(C)C. The van der Waals surface area contributed by atoms with Gasteiger partial charge in [0.15, 0.2) is 0 Å². The lowest BCUT2D eigenvalue weighted by Crippen LogP contribution is -2.41. The third-order valence-electron chi connectivity index (χ3n) is 3.10. The molecule has 0 N–H and O–H groups in total. The maximum absolute atomic E-state index is 12.5. The Balaban J connectivity index is 3.36. The van der Waals surface area contributed by atoms with Crippen LogP contribution in [0.2, 0.25) is 0 Å². The van der Waals surface area contributed by atoms with E-state index in [0.29, 0.717) is 0 Å². The van der Waals surface area contributed by atoms with E-state index in [0.717, 1.165) is 30.6 Å². The van der Waals surface area contributed by atoms with E-state index in [1.165, 1.54) is 19.0 Å². The molecule has 7 nitrogen and oxygen atoms in total. The zero-order valence-corrected chi connectivity index (χ0v) is 14.1. The molecular formula is C17H20N2O5. The van der Waals surface area contributed by atoms with E-state index in [1.54, 1.807) is 24.3 Å². The minimum atomic E-state index is -0.938. The van der Waals surface area contributed by atoms with Gasteiger partial charge in [0.2, 0.25) is 11.6 Å². The number of carbonyl (C=O) groups excluding carboxylic acids is 4. The van der Waals surface area contributed by atoms with Crippen LogP contribution in [0.3, 0.4) is 0 Å². The summed E-state index contributed by atoms with van der Waals surface area (Å²) in [6.45, 7) is 1.11. The van der Waals surface area contributed by atoms with Crippen LogP contribution in [0.4, 0.5) is 4.79 Å². The summed E-state index contributed by atoms with van der Waals surface area (Å²) in [5, 5.41) is 0. The smallest absolute Gasteiger partial charge is 0.332 e. The molecule has 0 saturated heterocycles. The molecule has 0 unspecified atom stereocenters. The summed E-state index contributed by atoms with van der Waals surface area (Å²) in [4.78, 5) is 50.1. The Bertz CT molecular complexity index is 665. The lowest BCUT2D eigenvalue weighted by Gasteiger charge is -2.27. The summed E-state index contributed by atoms with van der Waals surface area (Å²) in [5.41, 5.74) is 0.414. The van der Waals surface area contributed by atoms with Gasteiger partial charge in [0.05, 0.1) is 19.7 Å². The molecule has 0 aromatic heterocycles. The number of ether oxygens (including phenoxy) is 1. The molecule has 0 atom stereocenters. The highest BCUT2D eigenvalue weighted by atomic mass is 16.5. The number of carbonyl (C=O) groups is 4. The molecule has 0 aliphatic carbocycles. The maximum Gasteiger partial charge on any atom is 0.332 e. The van der Waals surface area contributed by atoms with Gasteiger partial charge in [0, 0.05) is 21.0 Å². The first-order valence-electron chi connectivity index (χ1n) is 7.15. The van der Waals surface area contributed by atoms with Gasteiger partial charge in [0.1, 0.15) is 5.70 Å². The molecule has 0 spiro atoms. The summed E-state index contributed by atoms with van der Waals surface area (Å²) in [6, 6.07) is 8.37. The third kappa shape index (κ3) is 5.05. The topological polar surface area (TPSA) is 84.0 Å². The summed E-state index contributed by atoms with van der Waals surface area (Å²) in [7, 11) is 4.16. The minimum absolute atomic E-state index is 0.0275. The van der Waals surface area contributed by atoms with Crippen molar-refractivity contribution >= 4 is 23.6 Å². The van der Waals surface area contributed by atoms with Crippen molar-refractivity contribution < 1.29 is 23.9 Å². The first kappa shape index (κ1) is 19.1. The van der Waals surface area contributed by atoms with Crippen LogP contribution < -0.4 is 0 Å². The fourth-order valence-corrected chi connectivity index (χ4v) is 1.88. The molecule has 7 heteroatoms. The molecule has 0 heterocycles. The second-order valence-electron chi connectivity index (χ2n) is 5.19. The van der Waals surface area contributed by atoms with Crippen LogP contribution >= 0.6 is 0 Å². The number of benzene rings is 1. The number of methoxy groups -OCH3 is 1. The summed E-state index contributed by atoms with van der Waals surface area (Å²) in [5.74, 6) is -2.55.